The van der Waals surface area contributed by atoms with Crippen molar-refractivity contribution in [3.63, 3.8) is 0 Å². The molecule has 4 nitrogen and oxygen atoms in total. The molecule has 0 spiro atoms. The lowest BCUT2D eigenvalue weighted by molar-refractivity contribution is 0.651. The maximum absolute atomic E-state index is 6.13. The minimum atomic E-state index is -0.162. The van der Waals surface area contributed by atoms with Gasteiger partial charge >= 0.3 is 0 Å². The summed E-state index contributed by atoms with van der Waals surface area (Å²) in [6.45, 7) is 2.05. The Balaban J connectivity index is 2.36. The van der Waals surface area contributed by atoms with Crippen molar-refractivity contribution < 1.29 is 0 Å². The van der Waals surface area contributed by atoms with Crippen LogP contribution in [0.4, 0.5) is 0 Å². The highest BCUT2D eigenvalue weighted by molar-refractivity contribution is 5.29. The van der Waals surface area contributed by atoms with Gasteiger partial charge in [-0.15, -0.1) is 5.10 Å². The number of rotatable bonds is 2. The first-order valence-electron chi connectivity index (χ1n) is 4.85. The maximum atomic E-state index is 6.13. The predicted octanol–water partition coefficient (Wildman–Crippen LogP) is 1.17. The average Bonchev–Trinajstić information content (AvgIpc) is 2.63. The van der Waals surface area contributed by atoms with Crippen LogP contribution in [0, 0.1) is 6.92 Å². The fourth-order valence-corrected chi connectivity index (χ4v) is 1.61. The standard InChI is InChI=1S/C11H14N4/c1-8-4-3-5-9(6-8)11(12)10-7-13-14-15(10)2/h3-7,11H,12H2,1-2H3. The molecule has 2 rings (SSSR count). The van der Waals surface area contributed by atoms with Gasteiger partial charge in [0, 0.05) is 7.05 Å². The van der Waals surface area contributed by atoms with Crippen LogP contribution < -0.4 is 5.73 Å². The smallest absolute Gasteiger partial charge is 0.0796 e. The van der Waals surface area contributed by atoms with Gasteiger partial charge in [-0.2, -0.15) is 0 Å². The van der Waals surface area contributed by atoms with E-state index in [2.05, 4.69) is 29.4 Å². The van der Waals surface area contributed by atoms with Crippen molar-refractivity contribution >= 4 is 0 Å². The van der Waals surface area contributed by atoms with Crippen molar-refractivity contribution in [2.24, 2.45) is 12.8 Å². The van der Waals surface area contributed by atoms with Crippen molar-refractivity contribution in [2.45, 2.75) is 13.0 Å². The first-order valence-corrected chi connectivity index (χ1v) is 4.85. The SMILES string of the molecule is Cc1cccc(C(N)c2cnnn2C)c1. The van der Waals surface area contributed by atoms with Crippen LogP contribution in [-0.4, -0.2) is 15.0 Å². The van der Waals surface area contributed by atoms with E-state index in [1.54, 1.807) is 10.9 Å². The van der Waals surface area contributed by atoms with E-state index in [-0.39, 0.29) is 6.04 Å². The van der Waals surface area contributed by atoms with Gasteiger partial charge in [0.05, 0.1) is 17.9 Å². The number of nitrogens with two attached hydrogens (primary N) is 1. The summed E-state index contributed by atoms with van der Waals surface area (Å²) in [4.78, 5) is 0. The third-order valence-corrected chi connectivity index (χ3v) is 2.47. The second-order valence-electron chi connectivity index (χ2n) is 3.67. The van der Waals surface area contributed by atoms with E-state index in [1.165, 1.54) is 5.56 Å². The maximum Gasteiger partial charge on any atom is 0.0796 e. The first kappa shape index (κ1) is 9.86. The second kappa shape index (κ2) is 3.82. The van der Waals surface area contributed by atoms with Gasteiger partial charge in [0.2, 0.25) is 0 Å². The van der Waals surface area contributed by atoms with Gasteiger partial charge in [-0.25, -0.2) is 0 Å². The molecule has 2 aromatic rings. The normalized spacial score (nSPS) is 12.7. The number of aromatic nitrogens is 3. The molecule has 2 N–H and O–H groups in total. The molecule has 15 heavy (non-hydrogen) atoms. The zero-order valence-corrected chi connectivity index (χ0v) is 8.88. The molecule has 1 aromatic carbocycles. The van der Waals surface area contributed by atoms with Crippen molar-refractivity contribution in [1.82, 2.24) is 15.0 Å². The molecule has 1 aromatic heterocycles. The predicted molar refractivity (Wildman–Crippen MR) is 58.2 cm³/mol. The Morgan fingerprint density at radius 3 is 2.80 bits per heavy atom. The number of hydrogen-bond donors (Lipinski definition) is 1. The van der Waals surface area contributed by atoms with Gasteiger partial charge < -0.3 is 5.73 Å². The number of hydrogen-bond acceptors (Lipinski definition) is 3. The van der Waals surface area contributed by atoms with Crippen LogP contribution in [0.3, 0.4) is 0 Å². The van der Waals surface area contributed by atoms with E-state index >= 15 is 0 Å². The van der Waals surface area contributed by atoms with Gasteiger partial charge in [0.15, 0.2) is 0 Å². The van der Waals surface area contributed by atoms with E-state index in [4.69, 9.17) is 5.73 Å². The van der Waals surface area contributed by atoms with Crippen molar-refractivity contribution in [3.05, 3.63) is 47.3 Å². The summed E-state index contributed by atoms with van der Waals surface area (Å²) in [7, 11) is 1.85. The molecule has 0 radical (unpaired) electrons. The molecule has 4 heteroatoms. The Labute approximate surface area is 88.7 Å². The van der Waals surface area contributed by atoms with Crippen LogP contribution in [0.2, 0.25) is 0 Å². The van der Waals surface area contributed by atoms with Crippen LogP contribution >= 0.6 is 0 Å². The molecule has 0 saturated heterocycles. The third kappa shape index (κ3) is 1.89. The minimum Gasteiger partial charge on any atom is -0.319 e. The van der Waals surface area contributed by atoms with E-state index in [0.717, 1.165) is 11.3 Å². The molecule has 0 aliphatic carbocycles. The van der Waals surface area contributed by atoms with Crippen LogP contribution in [-0.2, 0) is 7.05 Å². The summed E-state index contributed by atoms with van der Waals surface area (Å²) in [5.74, 6) is 0. The van der Waals surface area contributed by atoms with Crippen LogP contribution in [0.15, 0.2) is 30.5 Å². The van der Waals surface area contributed by atoms with Crippen molar-refractivity contribution in [1.29, 1.82) is 0 Å². The van der Waals surface area contributed by atoms with E-state index in [1.807, 2.05) is 19.2 Å². The molecule has 0 amide bonds. The second-order valence-corrected chi connectivity index (χ2v) is 3.67. The molecule has 1 atom stereocenters. The largest absolute Gasteiger partial charge is 0.319 e. The van der Waals surface area contributed by atoms with E-state index in [0.29, 0.717) is 0 Å². The molecule has 0 bridgehead atoms. The molecule has 0 aliphatic heterocycles. The minimum absolute atomic E-state index is 0.162. The zero-order valence-electron chi connectivity index (χ0n) is 8.88. The Hall–Kier alpha value is -1.68. The molecule has 0 fully saturated rings. The van der Waals surface area contributed by atoms with Crippen molar-refractivity contribution in [3.8, 4) is 0 Å². The molecule has 0 aliphatic rings. The average molecular weight is 202 g/mol. The summed E-state index contributed by atoms with van der Waals surface area (Å²) in [5, 5.41) is 7.70. The number of benzene rings is 1. The fourth-order valence-electron chi connectivity index (χ4n) is 1.61. The molecular formula is C11H14N4. The first-order chi connectivity index (χ1) is 7.18. The monoisotopic (exact) mass is 202 g/mol. The Bertz CT molecular complexity index is 461. The summed E-state index contributed by atoms with van der Waals surface area (Å²) in [5.41, 5.74) is 9.34. The summed E-state index contributed by atoms with van der Waals surface area (Å²) in [6.07, 6.45) is 1.70. The van der Waals surface area contributed by atoms with E-state index in [9.17, 15) is 0 Å². The highest BCUT2D eigenvalue weighted by atomic mass is 15.4. The lowest BCUT2D eigenvalue weighted by atomic mass is 10.0. The summed E-state index contributed by atoms with van der Waals surface area (Å²) < 4.78 is 1.70. The molecule has 1 heterocycles. The van der Waals surface area contributed by atoms with E-state index < -0.39 is 0 Å². The highest BCUT2D eigenvalue weighted by Gasteiger charge is 2.12. The molecule has 1 unspecified atom stereocenters. The Kier molecular flexibility index (Phi) is 2.51. The van der Waals surface area contributed by atoms with Gasteiger partial charge in [0.25, 0.3) is 0 Å². The zero-order chi connectivity index (χ0) is 10.8. The number of nitrogens with zero attached hydrogens (tertiary/aromatic N) is 3. The van der Waals surface area contributed by atoms with Gasteiger partial charge in [-0.05, 0) is 12.5 Å². The fraction of sp³-hybridized carbons (Fsp3) is 0.273. The van der Waals surface area contributed by atoms with Crippen LogP contribution in [0.5, 0.6) is 0 Å². The Morgan fingerprint density at radius 1 is 1.40 bits per heavy atom. The quantitative estimate of drug-likeness (QED) is 0.795. The summed E-state index contributed by atoms with van der Waals surface area (Å²) >= 11 is 0. The van der Waals surface area contributed by atoms with Gasteiger partial charge in [0.1, 0.15) is 0 Å². The molecule has 78 valence electrons. The Morgan fingerprint density at radius 2 is 2.20 bits per heavy atom. The van der Waals surface area contributed by atoms with Gasteiger partial charge in [-0.1, -0.05) is 35.0 Å². The number of aryl methyl sites for hydroxylation is 2. The van der Waals surface area contributed by atoms with Gasteiger partial charge in [-0.3, -0.25) is 4.68 Å². The van der Waals surface area contributed by atoms with Crippen LogP contribution in [0.25, 0.3) is 0 Å². The third-order valence-electron chi connectivity index (χ3n) is 2.47. The topological polar surface area (TPSA) is 56.7 Å². The molecular weight excluding hydrogens is 188 g/mol. The summed E-state index contributed by atoms with van der Waals surface area (Å²) in [6, 6.07) is 8.00. The highest BCUT2D eigenvalue weighted by Crippen LogP contribution is 2.18. The lowest BCUT2D eigenvalue weighted by Crippen LogP contribution is -2.15. The molecule has 0 saturated carbocycles. The van der Waals surface area contributed by atoms with Crippen LogP contribution in [0.1, 0.15) is 22.9 Å². The van der Waals surface area contributed by atoms with Crippen molar-refractivity contribution in [2.75, 3.05) is 0 Å². The lowest BCUT2D eigenvalue weighted by Gasteiger charge is -2.11.